The second kappa shape index (κ2) is 3.85. The molecule has 0 heterocycles. The summed E-state index contributed by atoms with van der Waals surface area (Å²) >= 11 is 0. The smallest absolute Gasteiger partial charge is 0.310 e. The largest absolute Gasteiger partial charge is 0.481 e. The van der Waals surface area contributed by atoms with Crippen LogP contribution >= 0.6 is 0 Å². The molecule has 2 rings (SSSR count). The van der Waals surface area contributed by atoms with Gasteiger partial charge in [-0.3, -0.25) is 9.90 Å². The lowest BCUT2D eigenvalue weighted by Crippen LogP contribution is -2.06. The van der Waals surface area contributed by atoms with Crippen LogP contribution in [0.1, 0.15) is 18.4 Å². The van der Waals surface area contributed by atoms with E-state index < -0.39 is 11.9 Å². The van der Waals surface area contributed by atoms with Crippen LogP contribution in [0.15, 0.2) is 36.4 Å². The second-order valence-electron chi connectivity index (χ2n) is 3.83. The van der Waals surface area contributed by atoms with E-state index in [1.54, 1.807) is 31.2 Å². The molecular weight excluding hydrogens is 204 g/mol. The zero-order valence-corrected chi connectivity index (χ0v) is 8.81. The van der Waals surface area contributed by atoms with E-state index >= 15 is 0 Å². The van der Waals surface area contributed by atoms with Crippen molar-refractivity contribution in [2.75, 3.05) is 0 Å². The standard InChI is InChI=1S/C13H11O3/c1-8(13(15)16)9-2-3-11-7-12(14)5-4-10(11)6-9/h2-8H,1H3,(H,15,16). The molecule has 0 spiro atoms. The molecule has 0 aliphatic rings. The van der Waals surface area contributed by atoms with Crippen molar-refractivity contribution >= 4 is 16.7 Å². The topological polar surface area (TPSA) is 57.2 Å². The Balaban J connectivity index is 2.52. The van der Waals surface area contributed by atoms with Gasteiger partial charge in [0.25, 0.3) is 0 Å². The zero-order chi connectivity index (χ0) is 11.7. The first-order valence-electron chi connectivity index (χ1n) is 5.01. The van der Waals surface area contributed by atoms with Gasteiger partial charge in [-0.2, -0.15) is 0 Å². The van der Waals surface area contributed by atoms with Gasteiger partial charge in [0.05, 0.1) is 5.92 Å². The molecule has 3 heteroatoms. The average Bonchev–Trinajstić information content (AvgIpc) is 2.27. The minimum Gasteiger partial charge on any atom is -0.481 e. The van der Waals surface area contributed by atoms with Crippen molar-refractivity contribution in [2.24, 2.45) is 0 Å². The molecule has 0 amide bonds. The minimum atomic E-state index is -0.847. The summed E-state index contributed by atoms with van der Waals surface area (Å²) in [5, 5.41) is 21.8. The number of rotatable bonds is 2. The summed E-state index contributed by atoms with van der Waals surface area (Å²) in [5.74, 6) is -1.41. The summed E-state index contributed by atoms with van der Waals surface area (Å²) < 4.78 is 0. The Bertz CT molecular complexity index is 546. The second-order valence-corrected chi connectivity index (χ2v) is 3.83. The Morgan fingerprint density at radius 3 is 2.44 bits per heavy atom. The fraction of sp³-hybridized carbons (Fsp3) is 0.154. The van der Waals surface area contributed by atoms with Gasteiger partial charge in [-0.1, -0.05) is 24.3 Å². The van der Waals surface area contributed by atoms with Crippen molar-refractivity contribution < 1.29 is 15.0 Å². The Labute approximate surface area is 93.0 Å². The fourth-order valence-electron chi connectivity index (χ4n) is 1.65. The highest BCUT2D eigenvalue weighted by molar-refractivity contribution is 5.86. The van der Waals surface area contributed by atoms with E-state index in [1.165, 1.54) is 6.07 Å². The summed E-state index contributed by atoms with van der Waals surface area (Å²) in [7, 11) is 0. The number of carboxylic acids is 1. The van der Waals surface area contributed by atoms with Crippen LogP contribution < -0.4 is 0 Å². The van der Waals surface area contributed by atoms with Crippen molar-refractivity contribution in [3.8, 4) is 5.75 Å². The van der Waals surface area contributed by atoms with Crippen LogP contribution in [-0.2, 0) is 9.90 Å². The molecule has 0 aromatic heterocycles. The summed E-state index contributed by atoms with van der Waals surface area (Å²) in [5.41, 5.74) is 0.749. The predicted molar refractivity (Wildman–Crippen MR) is 60.1 cm³/mol. The van der Waals surface area contributed by atoms with Crippen LogP contribution in [0.2, 0.25) is 0 Å². The Morgan fingerprint density at radius 1 is 1.12 bits per heavy atom. The molecule has 1 unspecified atom stereocenters. The number of benzene rings is 2. The summed E-state index contributed by atoms with van der Waals surface area (Å²) in [6, 6.07) is 10.1. The highest BCUT2D eigenvalue weighted by Crippen LogP contribution is 2.24. The number of fused-ring (bicyclic) bond motifs is 1. The molecule has 3 nitrogen and oxygen atoms in total. The maximum atomic E-state index is 11.1. The highest BCUT2D eigenvalue weighted by atomic mass is 16.4. The van der Waals surface area contributed by atoms with Crippen LogP contribution in [-0.4, -0.2) is 11.1 Å². The van der Waals surface area contributed by atoms with Gasteiger partial charge in [0.1, 0.15) is 0 Å². The maximum Gasteiger partial charge on any atom is 0.310 e. The lowest BCUT2D eigenvalue weighted by molar-refractivity contribution is -0.138. The van der Waals surface area contributed by atoms with E-state index in [0.717, 1.165) is 16.3 Å². The van der Waals surface area contributed by atoms with Crippen LogP contribution in [0, 0.1) is 0 Å². The summed E-state index contributed by atoms with van der Waals surface area (Å²) in [4.78, 5) is 10.8. The molecule has 1 radical (unpaired) electrons. The monoisotopic (exact) mass is 215 g/mol. The molecule has 0 saturated carbocycles. The van der Waals surface area contributed by atoms with Gasteiger partial charge in [0.2, 0.25) is 0 Å². The van der Waals surface area contributed by atoms with E-state index in [0.29, 0.717) is 0 Å². The predicted octanol–water partition coefficient (Wildman–Crippen LogP) is 3.17. The van der Waals surface area contributed by atoms with Gasteiger partial charge in [0.15, 0.2) is 5.75 Å². The Hall–Kier alpha value is -2.03. The van der Waals surface area contributed by atoms with E-state index in [4.69, 9.17) is 5.11 Å². The van der Waals surface area contributed by atoms with Crippen LogP contribution in [0.3, 0.4) is 0 Å². The third-order valence-electron chi connectivity index (χ3n) is 2.71. The molecule has 0 bridgehead atoms. The number of aliphatic carboxylic acids is 1. The van der Waals surface area contributed by atoms with Crippen molar-refractivity contribution in [1.29, 1.82) is 0 Å². The minimum absolute atomic E-state index is 0.0356. The third kappa shape index (κ3) is 1.84. The normalized spacial score (nSPS) is 12.6. The van der Waals surface area contributed by atoms with Crippen molar-refractivity contribution in [1.82, 2.24) is 0 Å². The Kier molecular flexibility index (Phi) is 2.52. The molecule has 0 saturated heterocycles. The molecule has 0 aliphatic carbocycles. The highest BCUT2D eigenvalue weighted by Gasteiger charge is 2.13. The SMILES string of the molecule is CC(C(=O)O)c1ccc2cc([O])ccc2c1. The van der Waals surface area contributed by atoms with Crippen LogP contribution in [0.5, 0.6) is 5.75 Å². The van der Waals surface area contributed by atoms with Gasteiger partial charge in [-0.05, 0) is 35.4 Å². The lowest BCUT2D eigenvalue weighted by atomic mass is 9.98. The maximum absolute atomic E-state index is 11.1. The van der Waals surface area contributed by atoms with Crippen LogP contribution in [0.4, 0.5) is 0 Å². The quantitative estimate of drug-likeness (QED) is 0.836. The first-order chi connectivity index (χ1) is 7.58. The number of hydrogen-bond acceptors (Lipinski definition) is 1. The van der Waals surface area contributed by atoms with Gasteiger partial charge in [-0.25, -0.2) is 0 Å². The molecule has 0 fully saturated rings. The number of hydrogen-bond donors (Lipinski definition) is 1. The van der Waals surface area contributed by atoms with Gasteiger partial charge < -0.3 is 5.11 Å². The van der Waals surface area contributed by atoms with Crippen LogP contribution in [0.25, 0.3) is 10.8 Å². The van der Waals surface area contributed by atoms with E-state index in [-0.39, 0.29) is 5.75 Å². The lowest BCUT2D eigenvalue weighted by Gasteiger charge is -2.07. The summed E-state index contributed by atoms with van der Waals surface area (Å²) in [6.07, 6.45) is 0. The van der Waals surface area contributed by atoms with E-state index in [9.17, 15) is 9.90 Å². The van der Waals surface area contributed by atoms with Gasteiger partial charge >= 0.3 is 5.97 Å². The molecule has 16 heavy (non-hydrogen) atoms. The number of carboxylic acid groups (broad SMARTS) is 1. The van der Waals surface area contributed by atoms with Gasteiger partial charge in [0, 0.05) is 0 Å². The molecule has 1 N–H and O–H groups in total. The first kappa shape index (κ1) is 10.5. The van der Waals surface area contributed by atoms with Crippen molar-refractivity contribution in [3.05, 3.63) is 42.0 Å². The molecular formula is C13H11O3. The Morgan fingerprint density at radius 2 is 1.75 bits per heavy atom. The molecule has 2 aromatic rings. The van der Waals surface area contributed by atoms with E-state index in [2.05, 4.69) is 0 Å². The zero-order valence-electron chi connectivity index (χ0n) is 8.81. The fourth-order valence-corrected chi connectivity index (χ4v) is 1.65. The molecule has 81 valence electrons. The number of carbonyl (C=O) groups is 1. The van der Waals surface area contributed by atoms with Gasteiger partial charge in [-0.15, -0.1) is 0 Å². The summed E-state index contributed by atoms with van der Waals surface area (Å²) in [6.45, 7) is 1.64. The van der Waals surface area contributed by atoms with Crippen molar-refractivity contribution in [2.45, 2.75) is 12.8 Å². The molecule has 1 atom stereocenters. The van der Waals surface area contributed by atoms with E-state index in [1.807, 2.05) is 6.07 Å². The average molecular weight is 215 g/mol. The molecule has 2 aromatic carbocycles. The first-order valence-corrected chi connectivity index (χ1v) is 5.01. The molecule has 0 aliphatic heterocycles. The third-order valence-corrected chi connectivity index (χ3v) is 2.71. The van der Waals surface area contributed by atoms with Crippen molar-refractivity contribution in [3.63, 3.8) is 0 Å².